The van der Waals surface area contributed by atoms with Crippen LogP contribution in [0.2, 0.25) is 0 Å². The molecule has 1 aliphatic rings. The summed E-state index contributed by atoms with van der Waals surface area (Å²) in [6, 6.07) is 14.4. The number of halogens is 1. The monoisotopic (exact) mass is 364 g/mol. The molecule has 1 aliphatic carbocycles. The number of carbonyl (C=O) groups is 1. The second kappa shape index (κ2) is 7.31. The molecule has 27 heavy (non-hydrogen) atoms. The third kappa shape index (κ3) is 3.47. The van der Waals surface area contributed by atoms with Gasteiger partial charge in [-0.15, -0.1) is 0 Å². The Morgan fingerprint density at radius 1 is 1.15 bits per heavy atom. The van der Waals surface area contributed by atoms with Crippen LogP contribution in [0, 0.1) is 5.82 Å². The molecule has 2 aromatic carbocycles. The Bertz CT molecular complexity index is 935. The first-order valence-electron chi connectivity index (χ1n) is 9.11. The minimum atomic E-state index is -0.608. The molecule has 4 rings (SSSR count). The van der Waals surface area contributed by atoms with E-state index in [-0.39, 0.29) is 11.7 Å². The van der Waals surface area contributed by atoms with Gasteiger partial charge in [-0.3, -0.25) is 4.79 Å². The first-order valence-corrected chi connectivity index (χ1v) is 9.11. The molecule has 138 valence electrons. The number of aromatic nitrogens is 3. The van der Waals surface area contributed by atoms with E-state index in [0.29, 0.717) is 13.1 Å². The van der Waals surface area contributed by atoms with Crippen molar-refractivity contribution in [3.63, 3.8) is 0 Å². The molecule has 0 spiro atoms. The Kier molecular flexibility index (Phi) is 4.71. The van der Waals surface area contributed by atoms with E-state index >= 15 is 0 Å². The lowest BCUT2D eigenvalue weighted by molar-refractivity contribution is -0.130. The van der Waals surface area contributed by atoms with Gasteiger partial charge in [-0.2, -0.15) is 5.10 Å². The zero-order valence-electron chi connectivity index (χ0n) is 14.9. The van der Waals surface area contributed by atoms with Gasteiger partial charge in [0.05, 0.1) is 12.0 Å². The summed E-state index contributed by atoms with van der Waals surface area (Å²) in [5, 5.41) is 7.21. The van der Waals surface area contributed by atoms with Crippen molar-refractivity contribution in [1.82, 2.24) is 20.1 Å². The summed E-state index contributed by atoms with van der Waals surface area (Å²) in [5.41, 5.74) is 2.28. The van der Waals surface area contributed by atoms with Gasteiger partial charge in [0.15, 0.2) is 0 Å². The molecule has 1 fully saturated rings. The molecule has 0 saturated heterocycles. The van der Waals surface area contributed by atoms with Gasteiger partial charge in [-0.25, -0.2) is 14.1 Å². The highest BCUT2D eigenvalue weighted by Crippen LogP contribution is 2.44. The number of nitrogens with zero attached hydrogens (tertiary/aromatic N) is 3. The zero-order valence-corrected chi connectivity index (χ0v) is 14.9. The maximum atomic E-state index is 13.7. The number of hydrogen-bond donors (Lipinski definition) is 1. The predicted molar refractivity (Wildman–Crippen MR) is 99.3 cm³/mol. The molecular formula is C21H21FN4O. The molecule has 0 atom stereocenters. The number of hydrogen-bond acceptors (Lipinski definition) is 3. The number of benzene rings is 2. The van der Waals surface area contributed by atoms with Crippen LogP contribution in [-0.4, -0.2) is 20.7 Å². The van der Waals surface area contributed by atoms with Crippen molar-refractivity contribution in [2.24, 2.45) is 0 Å². The molecule has 1 aromatic heterocycles. The van der Waals surface area contributed by atoms with E-state index < -0.39 is 5.41 Å². The second-order valence-corrected chi connectivity index (χ2v) is 6.99. The lowest BCUT2D eigenvalue weighted by atomic mass is 9.63. The minimum absolute atomic E-state index is 0.0325. The van der Waals surface area contributed by atoms with E-state index in [4.69, 9.17) is 0 Å². The Hall–Kier alpha value is -3.02. The van der Waals surface area contributed by atoms with Crippen LogP contribution in [0.3, 0.4) is 0 Å². The fraction of sp³-hybridized carbons (Fsp3) is 0.286. The summed E-state index contributed by atoms with van der Waals surface area (Å²) in [5.74, 6) is -0.334. The average molecular weight is 364 g/mol. The highest BCUT2D eigenvalue weighted by molar-refractivity contribution is 5.89. The number of nitrogens with one attached hydrogen (secondary N) is 1. The first kappa shape index (κ1) is 17.4. The van der Waals surface area contributed by atoms with Gasteiger partial charge >= 0.3 is 0 Å². The summed E-state index contributed by atoms with van der Waals surface area (Å²) in [6.07, 6.45) is 5.66. The van der Waals surface area contributed by atoms with Crippen LogP contribution in [0.1, 0.15) is 36.0 Å². The van der Waals surface area contributed by atoms with Crippen LogP contribution in [0.15, 0.2) is 61.2 Å². The summed E-state index contributed by atoms with van der Waals surface area (Å²) in [4.78, 5) is 17.0. The van der Waals surface area contributed by atoms with Crippen molar-refractivity contribution in [1.29, 1.82) is 0 Å². The smallest absolute Gasteiger partial charge is 0.230 e. The highest BCUT2D eigenvalue weighted by atomic mass is 19.1. The molecule has 0 bridgehead atoms. The fourth-order valence-corrected chi connectivity index (χ4v) is 3.68. The van der Waals surface area contributed by atoms with Crippen molar-refractivity contribution in [2.45, 2.75) is 37.8 Å². The number of carbonyl (C=O) groups excluding carboxylic acids is 1. The minimum Gasteiger partial charge on any atom is -0.351 e. The molecule has 3 aromatic rings. The Balaban J connectivity index is 1.49. The molecule has 1 heterocycles. The normalized spacial score (nSPS) is 15.1. The lowest BCUT2D eigenvalue weighted by Gasteiger charge is -2.40. The Labute approximate surface area is 157 Å². The Morgan fingerprint density at radius 2 is 1.96 bits per heavy atom. The van der Waals surface area contributed by atoms with Gasteiger partial charge in [0.25, 0.3) is 0 Å². The maximum absolute atomic E-state index is 13.7. The number of amides is 1. The van der Waals surface area contributed by atoms with Crippen molar-refractivity contribution < 1.29 is 9.18 Å². The second-order valence-electron chi connectivity index (χ2n) is 6.99. The van der Waals surface area contributed by atoms with Gasteiger partial charge in [0, 0.05) is 6.54 Å². The van der Waals surface area contributed by atoms with Crippen LogP contribution in [0.5, 0.6) is 0 Å². The van der Waals surface area contributed by atoms with Crippen molar-refractivity contribution in [3.8, 4) is 0 Å². The third-order valence-electron chi connectivity index (χ3n) is 5.38. The highest BCUT2D eigenvalue weighted by Gasteiger charge is 2.45. The lowest BCUT2D eigenvalue weighted by Crippen LogP contribution is -2.49. The third-order valence-corrected chi connectivity index (χ3v) is 5.38. The average Bonchev–Trinajstić information content (AvgIpc) is 3.13. The van der Waals surface area contributed by atoms with Crippen LogP contribution in [-0.2, 0) is 23.3 Å². The SMILES string of the molecule is O=C(NCc1ccccc1Cn1cncn1)C1(c2cccc(F)c2)CCC1. The van der Waals surface area contributed by atoms with Crippen molar-refractivity contribution in [3.05, 3.63) is 83.7 Å². The number of rotatable bonds is 6. The van der Waals surface area contributed by atoms with E-state index in [1.807, 2.05) is 30.3 Å². The summed E-state index contributed by atoms with van der Waals surface area (Å²) < 4.78 is 15.4. The van der Waals surface area contributed by atoms with Crippen molar-refractivity contribution in [2.75, 3.05) is 0 Å². The van der Waals surface area contributed by atoms with E-state index in [2.05, 4.69) is 15.4 Å². The van der Waals surface area contributed by atoms with Gasteiger partial charge in [0.2, 0.25) is 5.91 Å². The quantitative estimate of drug-likeness (QED) is 0.731. The van der Waals surface area contributed by atoms with Crippen LogP contribution in [0.25, 0.3) is 0 Å². The molecule has 6 heteroatoms. The topological polar surface area (TPSA) is 59.8 Å². The van der Waals surface area contributed by atoms with Crippen LogP contribution >= 0.6 is 0 Å². The molecule has 1 N–H and O–H groups in total. The first-order chi connectivity index (χ1) is 13.2. The largest absolute Gasteiger partial charge is 0.351 e. The van der Waals surface area contributed by atoms with Gasteiger partial charge in [-0.05, 0) is 41.7 Å². The zero-order chi connectivity index (χ0) is 18.7. The molecular weight excluding hydrogens is 343 g/mol. The maximum Gasteiger partial charge on any atom is 0.230 e. The fourth-order valence-electron chi connectivity index (χ4n) is 3.68. The standard InChI is InChI=1S/C21H21FN4O/c22-19-8-3-7-18(11-19)21(9-4-10-21)20(27)24-12-16-5-1-2-6-17(16)13-26-15-23-14-25-26/h1-3,5-8,11,14-15H,4,9-10,12-13H2,(H,24,27). The molecule has 1 amide bonds. The molecule has 0 aliphatic heterocycles. The summed E-state index contributed by atoms with van der Waals surface area (Å²) in [6.45, 7) is 1.03. The van der Waals surface area contributed by atoms with Gasteiger partial charge in [0.1, 0.15) is 18.5 Å². The summed E-state index contributed by atoms with van der Waals surface area (Å²) >= 11 is 0. The van der Waals surface area contributed by atoms with E-state index in [9.17, 15) is 9.18 Å². The summed E-state index contributed by atoms with van der Waals surface area (Å²) in [7, 11) is 0. The van der Waals surface area contributed by atoms with Crippen LogP contribution in [0.4, 0.5) is 4.39 Å². The van der Waals surface area contributed by atoms with E-state index in [1.54, 1.807) is 17.1 Å². The predicted octanol–water partition coefficient (Wildman–Crippen LogP) is 3.20. The van der Waals surface area contributed by atoms with Gasteiger partial charge < -0.3 is 5.32 Å². The van der Waals surface area contributed by atoms with Crippen molar-refractivity contribution >= 4 is 5.91 Å². The van der Waals surface area contributed by atoms with E-state index in [1.165, 1.54) is 18.5 Å². The molecule has 5 nitrogen and oxygen atoms in total. The Morgan fingerprint density at radius 3 is 2.63 bits per heavy atom. The molecule has 0 radical (unpaired) electrons. The van der Waals surface area contributed by atoms with Crippen LogP contribution < -0.4 is 5.32 Å². The molecule has 1 saturated carbocycles. The molecule has 0 unspecified atom stereocenters. The van der Waals surface area contributed by atoms with Gasteiger partial charge in [-0.1, -0.05) is 42.8 Å². The van der Waals surface area contributed by atoms with E-state index in [0.717, 1.165) is 36.0 Å².